The summed E-state index contributed by atoms with van der Waals surface area (Å²) in [6.45, 7) is 0. The molecule has 32 heavy (non-hydrogen) atoms. The summed E-state index contributed by atoms with van der Waals surface area (Å²) in [4.78, 5) is 31.3. The Labute approximate surface area is 177 Å². The first-order valence-corrected chi connectivity index (χ1v) is 9.39. The third-order valence-electron chi connectivity index (χ3n) is 4.76. The number of para-hydroxylation sites is 1. The Morgan fingerprint density at radius 3 is 2.50 bits per heavy atom. The van der Waals surface area contributed by atoms with Gasteiger partial charge in [-0.25, -0.2) is 23.7 Å². The van der Waals surface area contributed by atoms with Gasteiger partial charge in [0, 0.05) is 10.9 Å². The van der Waals surface area contributed by atoms with Gasteiger partial charge in [-0.1, -0.05) is 24.3 Å². The van der Waals surface area contributed by atoms with Crippen LogP contribution < -0.4 is 15.6 Å². The number of nitrogens with one attached hydrogen (secondary N) is 3. The van der Waals surface area contributed by atoms with Crippen molar-refractivity contribution < 1.29 is 18.3 Å². The number of hydrogen-bond donors (Lipinski definition) is 3. The second-order valence-corrected chi connectivity index (χ2v) is 6.86. The smallest absolute Gasteiger partial charge is 0.410 e. The second-order valence-electron chi connectivity index (χ2n) is 6.86. The minimum atomic E-state index is -1.12. The van der Waals surface area contributed by atoms with Gasteiger partial charge in [0.25, 0.3) is 5.56 Å². The third-order valence-corrected chi connectivity index (χ3v) is 4.76. The van der Waals surface area contributed by atoms with Gasteiger partial charge < -0.3 is 9.72 Å². The molecule has 2 heterocycles. The summed E-state index contributed by atoms with van der Waals surface area (Å²) in [5, 5.41) is 8.95. The molecule has 0 atom stereocenters. The number of fused-ring (bicyclic) bond motifs is 2. The van der Waals surface area contributed by atoms with Gasteiger partial charge in [0.15, 0.2) is 11.6 Å². The van der Waals surface area contributed by atoms with Crippen LogP contribution in [0.4, 0.5) is 19.5 Å². The largest absolute Gasteiger partial charge is 0.419 e. The SMILES string of the molecule is O=C(Nc1nc2ccc(-c3n[nH]c(=O)c4cc(F)c(F)cc34)cc2[nH]1)Oc1ccccc1. The maximum Gasteiger partial charge on any atom is 0.419 e. The number of carbonyl (C=O) groups is 1. The van der Waals surface area contributed by atoms with Gasteiger partial charge in [-0.15, -0.1) is 0 Å². The van der Waals surface area contributed by atoms with Gasteiger partial charge in [0.2, 0.25) is 5.95 Å². The van der Waals surface area contributed by atoms with Crippen molar-refractivity contribution in [2.75, 3.05) is 5.32 Å². The van der Waals surface area contributed by atoms with Gasteiger partial charge in [0.1, 0.15) is 5.75 Å². The topological polar surface area (TPSA) is 113 Å². The van der Waals surface area contributed by atoms with E-state index in [0.29, 0.717) is 22.3 Å². The number of carbonyl (C=O) groups excluding carboxylic acids is 1. The number of rotatable bonds is 3. The molecule has 0 aliphatic carbocycles. The molecule has 0 spiro atoms. The summed E-state index contributed by atoms with van der Waals surface area (Å²) in [6, 6.07) is 15.3. The van der Waals surface area contributed by atoms with Crippen LogP contribution in [0.5, 0.6) is 5.75 Å². The summed E-state index contributed by atoms with van der Waals surface area (Å²) >= 11 is 0. The molecule has 3 aromatic carbocycles. The van der Waals surface area contributed by atoms with E-state index in [4.69, 9.17) is 4.74 Å². The Morgan fingerprint density at radius 2 is 1.72 bits per heavy atom. The number of anilines is 1. The van der Waals surface area contributed by atoms with Gasteiger partial charge in [-0.2, -0.15) is 5.10 Å². The Hall–Kier alpha value is -4.60. The fourth-order valence-electron chi connectivity index (χ4n) is 3.31. The van der Waals surface area contributed by atoms with Crippen molar-refractivity contribution in [3.8, 4) is 17.0 Å². The number of halogens is 2. The van der Waals surface area contributed by atoms with Crippen LogP contribution in [0.25, 0.3) is 33.1 Å². The van der Waals surface area contributed by atoms with Crippen molar-refractivity contribution in [1.29, 1.82) is 0 Å². The molecule has 3 N–H and O–H groups in total. The maximum atomic E-state index is 13.8. The van der Waals surface area contributed by atoms with E-state index in [1.54, 1.807) is 48.5 Å². The minimum absolute atomic E-state index is 0.0235. The lowest BCUT2D eigenvalue weighted by atomic mass is 10.0. The molecule has 5 rings (SSSR count). The molecular weight excluding hydrogens is 420 g/mol. The zero-order chi connectivity index (χ0) is 22.2. The van der Waals surface area contributed by atoms with E-state index in [-0.39, 0.29) is 22.4 Å². The molecule has 0 fully saturated rings. The standard InChI is InChI=1S/C22H13F2N5O3/c23-15-9-13-14(10-16(15)24)20(30)29-28-19(13)11-6-7-17-18(8-11)26-21(25-17)27-22(31)32-12-4-2-1-3-5-12/h1-10H,(H,29,30)(H2,25,26,27,31). The molecule has 0 radical (unpaired) electrons. The van der Waals surface area contributed by atoms with Crippen LogP contribution in [-0.4, -0.2) is 26.3 Å². The average Bonchev–Trinajstić information content (AvgIpc) is 3.17. The Morgan fingerprint density at radius 1 is 0.969 bits per heavy atom. The molecule has 2 aromatic heterocycles. The lowest BCUT2D eigenvalue weighted by molar-refractivity contribution is 0.215. The number of nitrogens with zero attached hydrogens (tertiary/aromatic N) is 2. The van der Waals surface area contributed by atoms with Crippen LogP contribution in [0.1, 0.15) is 0 Å². The summed E-state index contributed by atoms with van der Waals surface area (Å²) in [7, 11) is 0. The maximum absolute atomic E-state index is 13.8. The molecule has 0 bridgehead atoms. The molecule has 10 heteroatoms. The Kier molecular flexibility index (Phi) is 4.59. The first kappa shape index (κ1) is 19.4. The quantitative estimate of drug-likeness (QED) is 0.391. The molecule has 1 amide bonds. The van der Waals surface area contributed by atoms with Crippen LogP contribution >= 0.6 is 0 Å². The van der Waals surface area contributed by atoms with E-state index >= 15 is 0 Å². The van der Waals surface area contributed by atoms with Crippen molar-refractivity contribution in [2.24, 2.45) is 0 Å². The van der Waals surface area contributed by atoms with Crippen molar-refractivity contribution >= 4 is 33.8 Å². The van der Waals surface area contributed by atoms with Gasteiger partial charge in [-0.3, -0.25) is 10.1 Å². The molecule has 5 aromatic rings. The number of amides is 1. The Bertz CT molecular complexity index is 1550. The Balaban J connectivity index is 1.48. The third kappa shape index (κ3) is 3.54. The lowest BCUT2D eigenvalue weighted by Crippen LogP contribution is -2.17. The van der Waals surface area contributed by atoms with Crippen LogP contribution in [-0.2, 0) is 0 Å². The fraction of sp³-hybridized carbons (Fsp3) is 0. The van der Waals surface area contributed by atoms with Crippen LogP contribution in [0.15, 0.2) is 65.5 Å². The molecule has 0 aliphatic rings. The highest BCUT2D eigenvalue weighted by molar-refractivity contribution is 5.96. The molecule has 0 saturated heterocycles. The monoisotopic (exact) mass is 433 g/mol. The molecule has 0 saturated carbocycles. The summed E-state index contributed by atoms with van der Waals surface area (Å²) in [5.41, 5.74) is 1.23. The van der Waals surface area contributed by atoms with Crippen LogP contribution in [0.2, 0.25) is 0 Å². The minimum Gasteiger partial charge on any atom is -0.410 e. The number of ether oxygens (including phenoxy) is 1. The highest BCUT2D eigenvalue weighted by atomic mass is 19.2. The highest BCUT2D eigenvalue weighted by Crippen LogP contribution is 2.28. The van der Waals surface area contributed by atoms with E-state index < -0.39 is 23.3 Å². The first-order valence-electron chi connectivity index (χ1n) is 9.39. The second kappa shape index (κ2) is 7.58. The number of benzene rings is 3. The first-order chi connectivity index (χ1) is 15.5. The average molecular weight is 433 g/mol. The van der Waals surface area contributed by atoms with Gasteiger partial charge in [0.05, 0.1) is 22.1 Å². The normalized spacial score (nSPS) is 11.1. The van der Waals surface area contributed by atoms with Crippen LogP contribution in [0, 0.1) is 11.6 Å². The van der Waals surface area contributed by atoms with E-state index in [1.807, 2.05) is 0 Å². The van der Waals surface area contributed by atoms with Crippen molar-refractivity contribution in [2.45, 2.75) is 0 Å². The van der Waals surface area contributed by atoms with Crippen LogP contribution in [0.3, 0.4) is 0 Å². The van der Waals surface area contributed by atoms with E-state index in [9.17, 15) is 18.4 Å². The van der Waals surface area contributed by atoms with E-state index in [2.05, 4.69) is 25.5 Å². The lowest BCUT2D eigenvalue weighted by Gasteiger charge is -2.06. The molecule has 158 valence electrons. The van der Waals surface area contributed by atoms with E-state index in [1.165, 1.54) is 0 Å². The highest BCUT2D eigenvalue weighted by Gasteiger charge is 2.15. The van der Waals surface area contributed by atoms with Crippen molar-refractivity contribution in [1.82, 2.24) is 20.2 Å². The number of hydrogen-bond acceptors (Lipinski definition) is 5. The fourth-order valence-corrected chi connectivity index (χ4v) is 3.31. The predicted molar refractivity (Wildman–Crippen MR) is 113 cm³/mol. The number of aromatic nitrogens is 4. The number of imidazole rings is 1. The van der Waals surface area contributed by atoms with Crippen molar-refractivity contribution in [3.63, 3.8) is 0 Å². The molecular formula is C22H13F2N5O3. The molecule has 8 nitrogen and oxygen atoms in total. The predicted octanol–water partition coefficient (Wildman–Crippen LogP) is 4.36. The molecule has 0 aliphatic heterocycles. The number of aromatic amines is 2. The van der Waals surface area contributed by atoms with Gasteiger partial charge in [-0.05, 0) is 36.4 Å². The summed E-state index contributed by atoms with van der Waals surface area (Å²) in [6.07, 6.45) is -0.721. The van der Waals surface area contributed by atoms with Crippen molar-refractivity contribution in [3.05, 3.63) is 82.7 Å². The van der Waals surface area contributed by atoms with Gasteiger partial charge >= 0.3 is 6.09 Å². The summed E-state index contributed by atoms with van der Waals surface area (Å²) < 4.78 is 32.6. The summed E-state index contributed by atoms with van der Waals surface area (Å²) in [5.74, 6) is -1.67. The van der Waals surface area contributed by atoms with E-state index in [0.717, 1.165) is 12.1 Å². The number of H-pyrrole nitrogens is 2. The zero-order valence-corrected chi connectivity index (χ0v) is 16.1. The molecule has 0 unspecified atom stereocenters. The zero-order valence-electron chi connectivity index (χ0n) is 16.1.